The largest absolute Gasteiger partial charge is 0.427 e. The van der Waals surface area contributed by atoms with Gasteiger partial charge in [-0.15, -0.1) is 0 Å². The summed E-state index contributed by atoms with van der Waals surface area (Å²) in [6.07, 6.45) is 5.67. The number of esters is 1. The van der Waals surface area contributed by atoms with Crippen molar-refractivity contribution in [2.75, 3.05) is 6.54 Å². The van der Waals surface area contributed by atoms with Crippen LogP contribution in [0.25, 0.3) is 0 Å². The molecule has 0 amide bonds. The van der Waals surface area contributed by atoms with Crippen LogP contribution in [0, 0.1) is 5.41 Å². The Morgan fingerprint density at radius 1 is 1.26 bits per heavy atom. The van der Waals surface area contributed by atoms with Gasteiger partial charge in [0, 0.05) is 0 Å². The van der Waals surface area contributed by atoms with Gasteiger partial charge in [-0.2, -0.15) is 0 Å². The van der Waals surface area contributed by atoms with Gasteiger partial charge < -0.3 is 10.5 Å². The molecule has 1 aliphatic rings. The molecule has 23 heavy (non-hydrogen) atoms. The van der Waals surface area contributed by atoms with E-state index in [0.29, 0.717) is 24.3 Å². The summed E-state index contributed by atoms with van der Waals surface area (Å²) in [7, 11) is 0. The number of rotatable bonds is 7. The van der Waals surface area contributed by atoms with Crippen LogP contribution in [-0.2, 0) is 16.2 Å². The highest BCUT2D eigenvalue weighted by molar-refractivity contribution is 5.73. The van der Waals surface area contributed by atoms with Gasteiger partial charge in [-0.3, -0.25) is 15.2 Å². The number of nitrogens with two attached hydrogens (primary N) is 1. The van der Waals surface area contributed by atoms with Crippen LogP contribution in [0.2, 0.25) is 0 Å². The Bertz CT molecular complexity index is 515. The van der Waals surface area contributed by atoms with Crippen LogP contribution in [-0.4, -0.2) is 28.3 Å². The highest BCUT2D eigenvalue weighted by Crippen LogP contribution is 2.38. The normalized spacial score (nSPS) is 17.2. The molecule has 1 fully saturated rings. The number of hydrogen-bond donors (Lipinski definition) is 3. The second kappa shape index (κ2) is 8.37. The molecule has 7 nitrogen and oxygen atoms in total. The maximum Gasteiger partial charge on any atom is 0.311 e. The maximum absolute atomic E-state index is 12.2. The minimum Gasteiger partial charge on any atom is -0.427 e. The van der Waals surface area contributed by atoms with Crippen molar-refractivity contribution in [2.45, 2.75) is 45.1 Å². The van der Waals surface area contributed by atoms with Crippen LogP contribution in [0.5, 0.6) is 5.75 Å². The third-order valence-corrected chi connectivity index (χ3v) is 4.34. The Morgan fingerprint density at radius 2 is 2.00 bits per heavy atom. The summed E-state index contributed by atoms with van der Waals surface area (Å²) in [6, 6.07) is 6.73. The van der Waals surface area contributed by atoms with Crippen LogP contribution in [0.4, 0.5) is 0 Å². The maximum atomic E-state index is 12.2. The Labute approximate surface area is 135 Å². The van der Waals surface area contributed by atoms with Gasteiger partial charge in [0.25, 0.3) is 0 Å². The molecule has 4 N–H and O–H groups in total. The van der Waals surface area contributed by atoms with Gasteiger partial charge in [0.15, 0.2) is 0 Å². The number of carbonyl (C=O) groups is 1. The van der Waals surface area contributed by atoms with E-state index in [4.69, 9.17) is 20.9 Å². The van der Waals surface area contributed by atoms with Crippen molar-refractivity contribution in [3.8, 4) is 5.75 Å². The first-order chi connectivity index (χ1) is 11.0. The smallest absolute Gasteiger partial charge is 0.311 e. The molecule has 0 bridgehead atoms. The highest BCUT2D eigenvalue weighted by atomic mass is 17.1. The van der Waals surface area contributed by atoms with Crippen LogP contribution in [0.15, 0.2) is 24.3 Å². The van der Waals surface area contributed by atoms with Crippen molar-refractivity contribution >= 4 is 5.97 Å². The molecule has 1 aromatic carbocycles. The molecule has 1 saturated carbocycles. The molecule has 0 radical (unpaired) electrons. The predicted octanol–water partition coefficient (Wildman–Crippen LogP) is 2.40. The first-order valence-electron chi connectivity index (χ1n) is 7.83. The molecular formula is C16H24N2O5. The van der Waals surface area contributed by atoms with Crippen LogP contribution in [0.3, 0.4) is 0 Å². The summed E-state index contributed by atoms with van der Waals surface area (Å²) in [5.41, 5.74) is 6.41. The number of ether oxygens (including phenoxy) is 1. The monoisotopic (exact) mass is 324 g/mol. The van der Waals surface area contributed by atoms with Crippen molar-refractivity contribution in [1.82, 2.24) is 5.39 Å². The fourth-order valence-electron chi connectivity index (χ4n) is 3.06. The molecule has 0 atom stereocenters. The number of nitrogens with zero attached hydrogens (tertiary/aromatic N) is 1. The van der Waals surface area contributed by atoms with Gasteiger partial charge in [-0.05, 0) is 42.5 Å². The predicted molar refractivity (Wildman–Crippen MR) is 81.5 cm³/mol. The van der Waals surface area contributed by atoms with Crippen molar-refractivity contribution in [3.05, 3.63) is 29.8 Å². The van der Waals surface area contributed by atoms with Crippen LogP contribution < -0.4 is 10.5 Å². The molecule has 0 spiro atoms. The third kappa shape index (κ3) is 5.56. The van der Waals surface area contributed by atoms with E-state index in [2.05, 4.69) is 4.84 Å². The summed E-state index contributed by atoms with van der Waals surface area (Å²) >= 11 is 0. The molecule has 0 saturated heterocycles. The lowest BCUT2D eigenvalue weighted by Gasteiger charge is -2.35. The molecule has 0 unspecified atom stereocenters. The van der Waals surface area contributed by atoms with E-state index in [-0.39, 0.29) is 23.4 Å². The Balaban J connectivity index is 1.93. The molecule has 1 aliphatic carbocycles. The van der Waals surface area contributed by atoms with E-state index in [1.165, 1.54) is 6.42 Å². The second-order valence-corrected chi connectivity index (χ2v) is 6.09. The number of hydrogen-bond acceptors (Lipinski definition) is 7. The van der Waals surface area contributed by atoms with E-state index in [1.807, 2.05) is 0 Å². The minimum absolute atomic E-state index is 0.0505. The minimum atomic E-state index is -0.354. The second-order valence-electron chi connectivity index (χ2n) is 6.09. The van der Waals surface area contributed by atoms with Gasteiger partial charge in [0.05, 0.1) is 18.4 Å². The average molecular weight is 324 g/mol. The first-order valence-corrected chi connectivity index (χ1v) is 7.83. The summed E-state index contributed by atoms with van der Waals surface area (Å²) in [4.78, 5) is 16.8. The summed E-state index contributed by atoms with van der Waals surface area (Å²) in [5, 5.41) is 16.7. The zero-order chi connectivity index (χ0) is 16.7. The molecule has 0 aliphatic heterocycles. The fourth-order valence-corrected chi connectivity index (χ4v) is 3.06. The summed E-state index contributed by atoms with van der Waals surface area (Å²) < 4.78 is 5.40. The van der Waals surface area contributed by atoms with Crippen molar-refractivity contribution in [3.63, 3.8) is 0 Å². The van der Waals surface area contributed by atoms with Crippen molar-refractivity contribution in [2.24, 2.45) is 11.1 Å². The SMILES string of the molecule is NCC1(CC(=O)Oc2cccc(CON(O)O)c2)CCCCC1. The Hall–Kier alpha value is -1.51. The van der Waals surface area contributed by atoms with Crippen LogP contribution in [0.1, 0.15) is 44.1 Å². The van der Waals surface area contributed by atoms with E-state index < -0.39 is 0 Å². The van der Waals surface area contributed by atoms with Gasteiger partial charge in [-0.25, -0.2) is 4.84 Å². The van der Waals surface area contributed by atoms with E-state index in [9.17, 15) is 4.79 Å². The summed E-state index contributed by atoms with van der Waals surface area (Å²) in [5.74, 6) is 0.114. The van der Waals surface area contributed by atoms with Gasteiger partial charge in [0.2, 0.25) is 0 Å². The molecular weight excluding hydrogens is 300 g/mol. The molecule has 0 heterocycles. The fraction of sp³-hybridized carbons (Fsp3) is 0.562. The zero-order valence-corrected chi connectivity index (χ0v) is 13.1. The number of carbonyl (C=O) groups excluding carboxylic acids is 1. The third-order valence-electron chi connectivity index (χ3n) is 4.34. The molecule has 2 rings (SSSR count). The first kappa shape index (κ1) is 17.8. The van der Waals surface area contributed by atoms with E-state index in [1.54, 1.807) is 24.3 Å². The van der Waals surface area contributed by atoms with E-state index >= 15 is 0 Å². The molecule has 128 valence electrons. The zero-order valence-electron chi connectivity index (χ0n) is 13.1. The highest BCUT2D eigenvalue weighted by Gasteiger charge is 2.33. The van der Waals surface area contributed by atoms with Gasteiger partial charge >= 0.3 is 5.97 Å². The lowest BCUT2D eigenvalue weighted by atomic mass is 9.72. The quantitative estimate of drug-likeness (QED) is 0.402. The Kier molecular flexibility index (Phi) is 6.49. The standard InChI is InChI=1S/C16H24N2O5/c17-12-16(7-2-1-3-8-16)10-15(19)23-14-6-4-5-13(9-14)11-22-18(20)21/h4-6,9,20-21H,1-3,7-8,10-12,17H2. The van der Waals surface area contributed by atoms with Crippen molar-refractivity contribution in [1.29, 1.82) is 0 Å². The van der Waals surface area contributed by atoms with Gasteiger partial charge in [0.1, 0.15) is 5.75 Å². The number of benzene rings is 1. The van der Waals surface area contributed by atoms with E-state index in [0.717, 1.165) is 25.7 Å². The van der Waals surface area contributed by atoms with Crippen LogP contribution >= 0.6 is 0 Å². The van der Waals surface area contributed by atoms with Gasteiger partial charge in [-0.1, -0.05) is 31.4 Å². The molecule has 1 aromatic rings. The lowest BCUT2D eigenvalue weighted by Crippen LogP contribution is -2.36. The molecule has 0 aromatic heterocycles. The van der Waals surface area contributed by atoms with Crippen molar-refractivity contribution < 1.29 is 24.8 Å². The Morgan fingerprint density at radius 3 is 2.65 bits per heavy atom. The average Bonchev–Trinajstić information content (AvgIpc) is 2.54. The topological polar surface area (TPSA) is 105 Å². The summed E-state index contributed by atoms with van der Waals surface area (Å²) in [6.45, 7) is 0.448. The lowest BCUT2D eigenvalue weighted by molar-refractivity contribution is -0.497. The molecule has 7 heteroatoms.